The molecule has 21 heavy (non-hydrogen) atoms. The zero-order chi connectivity index (χ0) is 14.9. The van der Waals surface area contributed by atoms with E-state index in [9.17, 15) is 4.79 Å². The van der Waals surface area contributed by atoms with Crippen molar-refractivity contribution in [2.75, 3.05) is 19.6 Å². The molecule has 2 heterocycles. The monoisotopic (exact) mass is 286 g/mol. The van der Waals surface area contributed by atoms with Crippen molar-refractivity contribution in [3.05, 3.63) is 34.9 Å². The van der Waals surface area contributed by atoms with Crippen LogP contribution in [0.3, 0.4) is 0 Å². The number of rotatable bonds is 1. The predicted octanol–water partition coefficient (Wildman–Crippen LogP) is 2.98. The number of hydrogen-bond donors (Lipinski definition) is 1. The van der Waals surface area contributed by atoms with Crippen LogP contribution in [0.5, 0.6) is 0 Å². The number of nitrogens with zero attached hydrogens (tertiary/aromatic N) is 1. The largest absolute Gasteiger partial charge is 0.339 e. The van der Waals surface area contributed by atoms with Crippen molar-refractivity contribution < 1.29 is 4.79 Å². The van der Waals surface area contributed by atoms with E-state index in [2.05, 4.69) is 31.3 Å². The molecule has 0 bridgehead atoms. The first-order valence-electron chi connectivity index (χ1n) is 8.17. The molecule has 0 atom stereocenters. The molecule has 0 saturated carbocycles. The zero-order valence-corrected chi connectivity index (χ0v) is 13.2. The van der Waals surface area contributed by atoms with Gasteiger partial charge in [0.05, 0.1) is 0 Å². The second-order valence-electron chi connectivity index (χ2n) is 7.22. The summed E-state index contributed by atoms with van der Waals surface area (Å²) in [7, 11) is 0. The molecule has 1 aromatic rings. The van der Waals surface area contributed by atoms with Crippen LogP contribution in [0.1, 0.15) is 54.6 Å². The fraction of sp³-hybridized carbons (Fsp3) is 0.611. The Bertz CT molecular complexity index is 536. The molecular formula is C18H26N2O. The zero-order valence-electron chi connectivity index (χ0n) is 13.2. The lowest BCUT2D eigenvalue weighted by Crippen LogP contribution is -2.33. The maximum Gasteiger partial charge on any atom is 0.253 e. The van der Waals surface area contributed by atoms with Crippen LogP contribution in [-0.4, -0.2) is 30.4 Å². The quantitative estimate of drug-likeness (QED) is 0.861. The molecule has 0 spiro atoms. The molecule has 3 rings (SSSR count). The molecule has 0 aliphatic carbocycles. The van der Waals surface area contributed by atoms with E-state index < -0.39 is 0 Å². The van der Waals surface area contributed by atoms with Crippen molar-refractivity contribution in [2.45, 2.75) is 46.1 Å². The van der Waals surface area contributed by atoms with Gasteiger partial charge in [0, 0.05) is 25.2 Å². The van der Waals surface area contributed by atoms with Crippen molar-refractivity contribution in [3.8, 4) is 0 Å². The minimum atomic E-state index is 0.209. The average Bonchev–Trinajstić information content (AvgIpc) is 2.67. The van der Waals surface area contributed by atoms with Gasteiger partial charge in [-0.25, -0.2) is 0 Å². The molecule has 0 radical (unpaired) electrons. The summed E-state index contributed by atoms with van der Waals surface area (Å²) in [6, 6.07) is 6.26. The van der Waals surface area contributed by atoms with Gasteiger partial charge in [-0.05, 0) is 60.9 Å². The number of likely N-dealkylation sites (tertiary alicyclic amines) is 1. The SMILES string of the molecule is CC1(C)CCCN(C(=O)c2ccc3c(c2)CNCC3)CC1. The number of nitrogens with one attached hydrogen (secondary N) is 1. The molecule has 1 fully saturated rings. The standard InChI is InChI=1S/C18H26N2O/c1-18(2)7-3-10-20(11-8-18)17(21)15-5-4-14-6-9-19-13-16(14)12-15/h4-5,12,19H,3,6-11,13H2,1-2H3. The highest BCUT2D eigenvalue weighted by Gasteiger charge is 2.26. The van der Waals surface area contributed by atoms with E-state index in [-0.39, 0.29) is 5.91 Å². The summed E-state index contributed by atoms with van der Waals surface area (Å²) >= 11 is 0. The van der Waals surface area contributed by atoms with Crippen LogP contribution < -0.4 is 5.32 Å². The van der Waals surface area contributed by atoms with Crippen LogP contribution in [0.2, 0.25) is 0 Å². The second-order valence-corrected chi connectivity index (χ2v) is 7.22. The Balaban J connectivity index is 1.75. The molecule has 1 N–H and O–H groups in total. The number of amides is 1. The summed E-state index contributed by atoms with van der Waals surface area (Å²) < 4.78 is 0. The lowest BCUT2D eigenvalue weighted by Gasteiger charge is -2.24. The van der Waals surface area contributed by atoms with E-state index in [1.807, 2.05) is 11.0 Å². The number of carbonyl (C=O) groups excluding carboxylic acids is 1. The van der Waals surface area contributed by atoms with Crippen molar-refractivity contribution >= 4 is 5.91 Å². The van der Waals surface area contributed by atoms with Crippen LogP contribution in [0.25, 0.3) is 0 Å². The first-order chi connectivity index (χ1) is 10.1. The maximum absolute atomic E-state index is 12.8. The van der Waals surface area contributed by atoms with Crippen molar-refractivity contribution in [3.63, 3.8) is 0 Å². The minimum Gasteiger partial charge on any atom is -0.339 e. The van der Waals surface area contributed by atoms with E-state index in [0.29, 0.717) is 5.41 Å². The van der Waals surface area contributed by atoms with Crippen LogP contribution in [0.4, 0.5) is 0 Å². The van der Waals surface area contributed by atoms with E-state index >= 15 is 0 Å². The predicted molar refractivity (Wildman–Crippen MR) is 85.4 cm³/mol. The Morgan fingerprint density at radius 1 is 1.19 bits per heavy atom. The van der Waals surface area contributed by atoms with E-state index in [1.165, 1.54) is 17.5 Å². The summed E-state index contributed by atoms with van der Waals surface area (Å²) in [6.45, 7) is 8.35. The number of fused-ring (bicyclic) bond motifs is 1. The van der Waals surface area contributed by atoms with Crippen molar-refractivity contribution in [1.82, 2.24) is 10.2 Å². The fourth-order valence-corrected chi connectivity index (χ4v) is 3.42. The van der Waals surface area contributed by atoms with E-state index in [0.717, 1.165) is 51.0 Å². The fourth-order valence-electron chi connectivity index (χ4n) is 3.42. The molecule has 0 aromatic heterocycles. The molecule has 114 valence electrons. The van der Waals surface area contributed by atoms with Gasteiger partial charge in [0.25, 0.3) is 5.91 Å². The first-order valence-corrected chi connectivity index (χ1v) is 8.17. The van der Waals surface area contributed by atoms with Gasteiger partial charge in [0.15, 0.2) is 0 Å². The van der Waals surface area contributed by atoms with E-state index in [1.54, 1.807) is 0 Å². The molecule has 2 aliphatic rings. The Labute approximate surface area is 127 Å². The third kappa shape index (κ3) is 3.29. The van der Waals surface area contributed by atoms with Gasteiger partial charge in [0.2, 0.25) is 0 Å². The third-order valence-corrected chi connectivity index (χ3v) is 4.97. The van der Waals surface area contributed by atoms with Gasteiger partial charge in [-0.1, -0.05) is 19.9 Å². The first kappa shape index (κ1) is 14.6. The van der Waals surface area contributed by atoms with Gasteiger partial charge in [0.1, 0.15) is 0 Å². The highest BCUT2D eigenvalue weighted by Crippen LogP contribution is 2.30. The highest BCUT2D eigenvalue weighted by atomic mass is 16.2. The Hall–Kier alpha value is -1.35. The van der Waals surface area contributed by atoms with Crippen molar-refractivity contribution in [2.24, 2.45) is 5.41 Å². The molecule has 3 nitrogen and oxygen atoms in total. The van der Waals surface area contributed by atoms with Gasteiger partial charge in [-0.2, -0.15) is 0 Å². The molecule has 1 amide bonds. The molecule has 2 aliphatic heterocycles. The normalized spacial score (nSPS) is 21.5. The smallest absolute Gasteiger partial charge is 0.253 e. The van der Waals surface area contributed by atoms with Crippen LogP contribution in [-0.2, 0) is 13.0 Å². The summed E-state index contributed by atoms with van der Waals surface area (Å²) in [5.74, 6) is 0.209. The van der Waals surface area contributed by atoms with Gasteiger partial charge < -0.3 is 10.2 Å². The third-order valence-electron chi connectivity index (χ3n) is 4.97. The number of hydrogen-bond acceptors (Lipinski definition) is 2. The molecule has 1 aromatic carbocycles. The van der Waals surface area contributed by atoms with Crippen molar-refractivity contribution in [1.29, 1.82) is 0 Å². The Kier molecular flexibility index (Phi) is 4.03. The highest BCUT2D eigenvalue weighted by molar-refractivity contribution is 5.94. The summed E-state index contributed by atoms with van der Waals surface area (Å²) in [4.78, 5) is 14.8. The molecular weight excluding hydrogens is 260 g/mol. The van der Waals surface area contributed by atoms with Crippen LogP contribution >= 0.6 is 0 Å². The lowest BCUT2D eigenvalue weighted by atomic mass is 9.85. The topological polar surface area (TPSA) is 32.3 Å². The van der Waals surface area contributed by atoms with Gasteiger partial charge >= 0.3 is 0 Å². The summed E-state index contributed by atoms with van der Waals surface area (Å²) in [6.07, 6.45) is 4.50. The molecule has 3 heteroatoms. The Morgan fingerprint density at radius 3 is 2.90 bits per heavy atom. The van der Waals surface area contributed by atoms with Gasteiger partial charge in [-0.3, -0.25) is 4.79 Å². The Morgan fingerprint density at radius 2 is 2.05 bits per heavy atom. The minimum absolute atomic E-state index is 0.209. The average molecular weight is 286 g/mol. The van der Waals surface area contributed by atoms with Crippen LogP contribution in [0, 0.1) is 5.41 Å². The maximum atomic E-state index is 12.8. The summed E-state index contributed by atoms with van der Waals surface area (Å²) in [5, 5.41) is 3.38. The summed E-state index contributed by atoms with van der Waals surface area (Å²) in [5.41, 5.74) is 3.91. The second kappa shape index (κ2) is 5.80. The van der Waals surface area contributed by atoms with Crippen LogP contribution in [0.15, 0.2) is 18.2 Å². The lowest BCUT2D eigenvalue weighted by molar-refractivity contribution is 0.0757. The molecule has 0 unspecified atom stereocenters. The van der Waals surface area contributed by atoms with E-state index in [4.69, 9.17) is 0 Å². The van der Waals surface area contributed by atoms with Gasteiger partial charge in [-0.15, -0.1) is 0 Å². The number of carbonyl (C=O) groups is 1. The number of benzene rings is 1. The molecule has 1 saturated heterocycles.